The van der Waals surface area contributed by atoms with Gasteiger partial charge in [-0.15, -0.1) is 0 Å². The van der Waals surface area contributed by atoms with Gasteiger partial charge in [0.15, 0.2) is 0 Å². The largest absolute Gasteiger partial charge is 0.497 e. The summed E-state index contributed by atoms with van der Waals surface area (Å²) in [6.45, 7) is 2.19. The number of esters is 1. The van der Waals surface area contributed by atoms with Gasteiger partial charge in [0, 0.05) is 13.0 Å². The Labute approximate surface area is 118 Å². The maximum absolute atomic E-state index is 11.4. The van der Waals surface area contributed by atoms with Crippen molar-refractivity contribution < 1.29 is 19.4 Å². The Hall–Kier alpha value is -1.59. The predicted octanol–water partition coefficient (Wildman–Crippen LogP) is 0.892. The minimum atomic E-state index is -0.645. The molecule has 0 aromatic heterocycles. The zero-order valence-electron chi connectivity index (χ0n) is 11.8. The van der Waals surface area contributed by atoms with Crippen LogP contribution in [-0.4, -0.2) is 43.0 Å². The first-order chi connectivity index (χ1) is 9.63. The van der Waals surface area contributed by atoms with Gasteiger partial charge < -0.3 is 19.9 Å². The summed E-state index contributed by atoms with van der Waals surface area (Å²) in [4.78, 5) is 11.4. The second-order valence-corrected chi connectivity index (χ2v) is 4.94. The van der Waals surface area contributed by atoms with Crippen LogP contribution in [0.4, 0.5) is 0 Å². The first-order valence-corrected chi connectivity index (χ1v) is 6.88. The highest BCUT2D eigenvalue weighted by molar-refractivity contribution is 5.69. The fraction of sp³-hybridized carbons (Fsp3) is 0.533. The van der Waals surface area contributed by atoms with E-state index in [1.807, 2.05) is 24.3 Å². The van der Waals surface area contributed by atoms with Gasteiger partial charge in [-0.05, 0) is 24.1 Å². The number of hydrogen-bond donors (Lipinski definition) is 2. The van der Waals surface area contributed by atoms with Crippen LogP contribution in [0.15, 0.2) is 24.3 Å². The number of ether oxygens (including phenoxy) is 2. The molecular weight excluding hydrogens is 258 g/mol. The summed E-state index contributed by atoms with van der Waals surface area (Å²) in [5.74, 6) is 0.527. The third-order valence-corrected chi connectivity index (χ3v) is 3.54. The lowest BCUT2D eigenvalue weighted by molar-refractivity contribution is -0.153. The maximum Gasteiger partial charge on any atom is 0.305 e. The number of carbonyl (C=O) groups is 1. The van der Waals surface area contributed by atoms with Gasteiger partial charge >= 0.3 is 5.97 Å². The molecule has 1 saturated heterocycles. The molecule has 0 saturated carbocycles. The van der Waals surface area contributed by atoms with Gasteiger partial charge in [-0.3, -0.25) is 4.79 Å². The molecule has 1 aliphatic rings. The van der Waals surface area contributed by atoms with Crippen molar-refractivity contribution in [2.24, 2.45) is 0 Å². The SMILES string of the molecule is CCC(=O)O[C@@H]1[C@@H](O)CN[C@@H]1Cc1ccc(OC)cc1. The van der Waals surface area contributed by atoms with Crippen LogP contribution in [0.1, 0.15) is 18.9 Å². The Balaban J connectivity index is 2.00. The highest BCUT2D eigenvalue weighted by Crippen LogP contribution is 2.19. The van der Waals surface area contributed by atoms with E-state index >= 15 is 0 Å². The Morgan fingerprint density at radius 1 is 1.40 bits per heavy atom. The lowest BCUT2D eigenvalue weighted by atomic mass is 10.0. The number of β-amino-alcohol motifs (C(OH)–C–C–N with tert-alkyl or cyclic N) is 1. The normalized spacial score (nSPS) is 25.4. The highest BCUT2D eigenvalue weighted by Gasteiger charge is 2.37. The zero-order chi connectivity index (χ0) is 14.5. The van der Waals surface area contributed by atoms with Crippen LogP contribution in [0.3, 0.4) is 0 Å². The van der Waals surface area contributed by atoms with Crippen LogP contribution in [-0.2, 0) is 16.0 Å². The predicted molar refractivity (Wildman–Crippen MR) is 74.7 cm³/mol. The van der Waals surface area contributed by atoms with E-state index in [0.29, 0.717) is 19.4 Å². The van der Waals surface area contributed by atoms with Gasteiger partial charge in [0.05, 0.1) is 13.2 Å². The highest BCUT2D eigenvalue weighted by atomic mass is 16.6. The second-order valence-electron chi connectivity index (χ2n) is 4.94. The molecule has 1 fully saturated rings. The van der Waals surface area contributed by atoms with Crippen molar-refractivity contribution in [1.82, 2.24) is 5.32 Å². The Morgan fingerprint density at radius 3 is 2.70 bits per heavy atom. The quantitative estimate of drug-likeness (QED) is 0.784. The number of rotatable bonds is 5. The first kappa shape index (κ1) is 14.8. The molecule has 20 heavy (non-hydrogen) atoms. The zero-order valence-corrected chi connectivity index (χ0v) is 11.8. The van der Waals surface area contributed by atoms with Crippen molar-refractivity contribution in [2.45, 2.75) is 38.0 Å². The summed E-state index contributed by atoms with van der Waals surface area (Å²) >= 11 is 0. The molecule has 0 aliphatic carbocycles. The number of methoxy groups -OCH3 is 1. The summed E-state index contributed by atoms with van der Waals surface area (Å²) < 4.78 is 10.4. The van der Waals surface area contributed by atoms with Crippen LogP contribution in [0.2, 0.25) is 0 Å². The van der Waals surface area contributed by atoms with Gasteiger partial charge in [0.1, 0.15) is 18.0 Å². The number of nitrogens with one attached hydrogen (secondary N) is 1. The molecule has 1 heterocycles. The van der Waals surface area contributed by atoms with Gasteiger partial charge in [-0.25, -0.2) is 0 Å². The number of carbonyl (C=O) groups excluding carboxylic acids is 1. The molecule has 110 valence electrons. The Kier molecular flexibility index (Phi) is 4.98. The van der Waals surface area contributed by atoms with Crippen LogP contribution < -0.4 is 10.1 Å². The van der Waals surface area contributed by atoms with Gasteiger partial charge in [-0.2, -0.15) is 0 Å². The van der Waals surface area contributed by atoms with Crippen LogP contribution in [0.25, 0.3) is 0 Å². The molecule has 2 N–H and O–H groups in total. The molecule has 5 nitrogen and oxygen atoms in total. The molecule has 3 atom stereocenters. The summed E-state index contributed by atoms with van der Waals surface area (Å²) in [7, 11) is 1.63. The molecular formula is C15H21NO4. The van der Waals surface area contributed by atoms with E-state index in [-0.39, 0.29) is 12.0 Å². The van der Waals surface area contributed by atoms with E-state index in [1.165, 1.54) is 0 Å². The van der Waals surface area contributed by atoms with E-state index in [2.05, 4.69) is 5.32 Å². The van der Waals surface area contributed by atoms with Gasteiger partial charge in [-0.1, -0.05) is 19.1 Å². The Morgan fingerprint density at radius 2 is 2.10 bits per heavy atom. The molecule has 0 amide bonds. The van der Waals surface area contributed by atoms with Crippen molar-refractivity contribution >= 4 is 5.97 Å². The average Bonchev–Trinajstić information content (AvgIpc) is 2.81. The molecule has 1 aromatic rings. The van der Waals surface area contributed by atoms with E-state index in [0.717, 1.165) is 11.3 Å². The number of hydrogen-bond acceptors (Lipinski definition) is 5. The van der Waals surface area contributed by atoms with Crippen molar-refractivity contribution in [3.8, 4) is 5.75 Å². The monoisotopic (exact) mass is 279 g/mol. The third-order valence-electron chi connectivity index (χ3n) is 3.54. The smallest absolute Gasteiger partial charge is 0.305 e. The summed E-state index contributed by atoms with van der Waals surface area (Å²) in [5, 5.41) is 13.1. The van der Waals surface area contributed by atoms with Crippen LogP contribution >= 0.6 is 0 Å². The lowest BCUT2D eigenvalue weighted by Gasteiger charge is -2.21. The molecule has 0 bridgehead atoms. The number of benzene rings is 1. The standard InChI is InChI=1S/C15H21NO4/c1-3-14(18)20-15-12(16-9-13(15)17)8-10-4-6-11(19-2)7-5-10/h4-7,12-13,15-17H,3,8-9H2,1-2H3/t12-,13+,15+/m1/s1. The molecule has 1 aromatic carbocycles. The summed E-state index contributed by atoms with van der Waals surface area (Å²) in [6.07, 6.45) is -0.112. The summed E-state index contributed by atoms with van der Waals surface area (Å²) in [6, 6.07) is 7.68. The second kappa shape index (κ2) is 6.72. The molecule has 0 spiro atoms. The number of aliphatic hydroxyl groups is 1. The van der Waals surface area contributed by atoms with Crippen molar-refractivity contribution in [1.29, 1.82) is 0 Å². The Bertz CT molecular complexity index is 446. The molecule has 0 radical (unpaired) electrons. The minimum Gasteiger partial charge on any atom is -0.497 e. The van der Waals surface area contributed by atoms with E-state index in [1.54, 1.807) is 14.0 Å². The first-order valence-electron chi connectivity index (χ1n) is 6.88. The van der Waals surface area contributed by atoms with Gasteiger partial charge in [0.2, 0.25) is 0 Å². The molecule has 0 unspecified atom stereocenters. The molecule has 2 rings (SSSR count). The fourth-order valence-electron chi connectivity index (χ4n) is 2.37. The third kappa shape index (κ3) is 3.49. The topological polar surface area (TPSA) is 67.8 Å². The molecule has 5 heteroatoms. The summed E-state index contributed by atoms with van der Waals surface area (Å²) in [5.41, 5.74) is 1.11. The van der Waals surface area contributed by atoms with Crippen molar-refractivity contribution in [3.63, 3.8) is 0 Å². The van der Waals surface area contributed by atoms with E-state index in [9.17, 15) is 9.90 Å². The minimum absolute atomic E-state index is 0.0612. The molecule has 1 aliphatic heterocycles. The average molecular weight is 279 g/mol. The van der Waals surface area contributed by atoms with E-state index < -0.39 is 12.2 Å². The fourth-order valence-corrected chi connectivity index (χ4v) is 2.37. The van der Waals surface area contributed by atoms with Crippen LogP contribution in [0.5, 0.6) is 5.75 Å². The van der Waals surface area contributed by atoms with Gasteiger partial charge in [0.25, 0.3) is 0 Å². The number of aliphatic hydroxyl groups excluding tert-OH is 1. The van der Waals surface area contributed by atoms with Crippen molar-refractivity contribution in [2.75, 3.05) is 13.7 Å². The lowest BCUT2D eigenvalue weighted by Crippen LogP contribution is -2.38. The maximum atomic E-state index is 11.4. The van der Waals surface area contributed by atoms with Crippen LogP contribution in [0, 0.1) is 0 Å². The van der Waals surface area contributed by atoms with E-state index in [4.69, 9.17) is 9.47 Å². The van der Waals surface area contributed by atoms with Crippen molar-refractivity contribution in [3.05, 3.63) is 29.8 Å².